The van der Waals surface area contributed by atoms with Crippen LogP contribution in [0.1, 0.15) is 25.0 Å². The molecule has 1 aliphatic rings. The summed E-state index contributed by atoms with van der Waals surface area (Å²) in [5.41, 5.74) is 0.402. The highest BCUT2D eigenvalue weighted by molar-refractivity contribution is 7.89. The summed E-state index contributed by atoms with van der Waals surface area (Å²) in [6, 6.07) is 12.9. The van der Waals surface area contributed by atoms with Crippen molar-refractivity contribution >= 4 is 15.9 Å². The van der Waals surface area contributed by atoms with Crippen LogP contribution in [0.2, 0.25) is 0 Å². The molecule has 9 heteroatoms. The molecule has 8 nitrogen and oxygen atoms in total. The minimum Gasteiger partial charge on any atom is -0.454 e. The minimum absolute atomic E-state index is 0.0156. The Labute approximate surface area is 169 Å². The average Bonchev–Trinajstić information content (AvgIpc) is 3.15. The van der Waals surface area contributed by atoms with E-state index in [0.717, 1.165) is 9.87 Å². The highest BCUT2D eigenvalue weighted by Gasteiger charge is 2.28. The Bertz CT molecular complexity index is 1070. The largest absolute Gasteiger partial charge is 0.454 e. The Hall–Kier alpha value is -3.09. The molecule has 1 heterocycles. The van der Waals surface area contributed by atoms with Crippen LogP contribution in [0.4, 0.5) is 0 Å². The number of likely N-dealkylation sites (N-methyl/N-ethyl adjacent to an activating group) is 1. The fraction of sp³-hybridized carbons (Fsp3) is 0.300. The Morgan fingerprint density at radius 2 is 1.83 bits per heavy atom. The van der Waals surface area contributed by atoms with Gasteiger partial charge in [0.05, 0.1) is 28.6 Å². The third kappa shape index (κ3) is 4.34. The first kappa shape index (κ1) is 20.6. The van der Waals surface area contributed by atoms with Gasteiger partial charge in [-0.25, -0.2) is 8.42 Å². The van der Waals surface area contributed by atoms with Crippen molar-refractivity contribution in [2.24, 2.45) is 0 Å². The van der Waals surface area contributed by atoms with Crippen LogP contribution in [0.3, 0.4) is 0 Å². The van der Waals surface area contributed by atoms with Crippen LogP contribution in [0.5, 0.6) is 11.5 Å². The zero-order valence-electron chi connectivity index (χ0n) is 16.3. The van der Waals surface area contributed by atoms with Crippen molar-refractivity contribution in [1.29, 1.82) is 5.26 Å². The lowest BCUT2D eigenvalue weighted by Crippen LogP contribution is -2.46. The SMILES string of the molecule is CN(CC(=O)NC(C)(C)c1ccc2c(c1)OCO2)S(=O)(=O)c1ccc(C#N)cc1. The third-order valence-electron chi connectivity index (χ3n) is 4.60. The lowest BCUT2D eigenvalue weighted by atomic mass is 9.94. The third-order valence-corrected chi connectivity index (χ3v) is 6.42. The molecule has 2 aromatic carbocycles. The molecular formula is C20H21N3O5S. The van der Waals surface area contributed by atoms with E-state index in [4.69, 9.17) is 14.7 Å². The molecule has 0 unspecified atom stereocenters. The van der Waals surface area contributed by atoms with Crippen molar-refractivity contribution < 1.29 is 22.7 Å². The van der Waals surface area contributed by atoms with Gasteiger partial charge in [-0.3, -0.25) is 4.79 Å². The smallest absolute Gasteiger partial charge is 0.243 e. The van der Waals surface area contributed by atoms with Crippen LogP contribution < -0.4 is 14.8 Å². The molecule has 2 aromatic rings. The monoisotopic (exact) mass is 415 g/mol. The first-order valence-corrected chi connectivity index (χ1v) is 10.2. The maximum atomic E-state index is 12.7. The van der Waals surface area contributed by atoms with Crippen LogP contribution in [-0.4, -0.2) is 39.0 Å². The Morgan fingerprint density at radius 3 is 2.48 bits per heavy atom. The van der Waals surface area contributed by atoms with Gasteiger partial charge in [-0.15, -0.1) is 0 Å². The number of amides is 1. The standard InChI is InChI=1S/C20H21N3O5S/c1-20(2,15-6-9-17-18(10-15)28-13-27-17)22-19(24)12-23(3)29(25,26)16-7-4-14(11-21)5-8-16/h4-10H,12-13H2,1-3H3,(H,22,24). The van der Waals surface area contributed by atoms with Gasteiger partial charge in [0.25, 0.3) is 0 Å². The minimum atomic E-state index is -3.86. The van der Waals surface area contributed by atoms with Crippen LogP contribution >= 0.6 is 0 Å². The van der Waals surface area contributed by atoms with E-state index in [-0.39, 0.29) is 18.2 Å². The van der Waals surface area contributed by atoms with Crippen molar-refractivity contribution in [1.82, 2.24) is 9.62 Å². The quantitative estimate of drug-likeness (QED) is 0.773. The molecule has 152 valence electrons. The maximum absolute atomic E-state index is 12.7. The van der Waals surface area contributed by atoms with Gasteiger partial charge < -0.3 is 14.8 Å². The summed E-state index contributed by atoms with van der Waals surface area (Å²) in [6.45, 7) is 3.44. The summed E-state index contributed by atoms with van der Waals surface area (Å²) >= 11 is 0. The Morgan fingerprint density at radius 1 is 1.17 bits per heavy atom. The molecule has 0 aliphatic carbocycles. The van der Waals surface area contributed by atoms with E-state index in [1.54, 1.807) is 12.1 Å². The number of sulfonamides is 1. The molecule has 0 fully saturated rings. The molecule has 0 saturated heterocycles. The number of benzene rings is 2. The second kappa shape index (κ2) is 7.73. The Kier molecular flexibility index (Phi) is 5.50. The number of nitriles is 1. The molecule has 1 aliphatic heterocycles. The lowest BCUT2D eigenvalue weighted by Gasteiger charge is -2.28. The second-order valence-corrected chi connectivity index (χ2v) is 9.18. The van der Waals surface area contributed by atoms with E-state index in [0.29, 0.717) is 17.1 Å². The first-order chi connectivity index (χ1) is 13.6. The molecular weight excluding hydrogens is 394 g/mol. The highest BCUT2D eigenvalue weighted by Crippen LogP contribution is 2.35. The summed E-state index contributed by atoms with van der Waals surface area (Å²) in [5.74, 6) is 0.793. The summed E-state index contributed by atoms with van der Waals surface area (Å²) < 4.78 is 37.0. The number of rotatable bonds is 6. The van der Waals surface area contributed by atoms with Gasteiger partial charge in [0.15, 0.2) is 11.5 Å². The van der Waals surface area contributed by atoms with E-state index in [1.807, 2.05) is 26.0 Å². The molecule has 1 N–H and O–H groups in total. The van der Waals surface area contributed by atoms with Crippen LogP contribution in [0.25, 0.3) is 0 Å². The molecule has 0 saturated carbocycles. The number of nitrogens with zero attached hydrogens (tertiary/aromatic N) is 2. The normalized spacial score (nSPS) is 13.2. The van der Waals surface area contributed by atoms with Crippen LogP contribution in [0.15, 0.2) is 47.4 Å². The molecule has 0 spiro atoms. The zero-order valence-corrected chi connectivity index (χ0v) is 17.1. The van der Waals surface area contributed by atoms with Crippen molar-refractivity contribution in [3.8, 4) is 17.6 Å². The van der Waals surface area contributed by atoms with Crippen molar-refractivity contribution in [3.63, 3.8) is 0 Å². The maximum Gasteiger partial charge on any atom is 0.243 e. The zero-order chi connectivity index (χ0) is 21.2. The van der Waals surface area contributed by atoms with Gasteiger partial charge in [0, 0.05) is 7.05 Å². The predicted octanol–water partition coefficient (Wildman–Crippen LogP) is 1.96. The number of carbonyl (C=O) groups excluding carboxylic acids is 1. The molecule has 29 heavy (non-hydrogen) atoms. The van der Waals surface area contributed by atoms with E-state index >= 15 is 0 Å². The number of carbonyl (C=O) groups is 1. The van der Waals surface area contributed by atoms with Gasteiger partial charge in [0.2, 0.25) is 22.7 Å². The van der Waals surface area contributed by atoms with Gasteiger partial charge >= 0.3 is 0 Å². The summed E-state index contributed by atoms with van der Waals surface area (Å²) in [5, 5.41) is 11.7. The van der Waals surface area contributed by atoms with E-state index in [9.17, 15) is 13.2 Å². The number of fused-ring (bicyclic) bond motifs is 1. The fourth-order valence-corrected chi connectivity index (χ4v) is 4.04. The Balaban J connectivity index is 1.69. The lowest BCUT2D eigenvalue weighted by molar-refractivity contribution is -0.122. The molecule has 0 bridgehead atoms. The number of hydrogen-bond acceptors (Lipinski definition) is 6. The van der Waals surface area contributed by atoms with Gasteiger partial charge in [-0.05, 0) is 55.8 Å². The summed E-state index contributed by atoms with van der Waals surface area (Å²) in [7, 11) is -2.53. The number of hydrogen-bond donors (Lipinski definition) is 1. The molecule has 0 aromatic heterocycles. The topological polar surface area (TPSA) is 109 Å². The molecule has 0 atom stereocenters. The summed E-state index contributed by atoms with van der Waals surface area (Å²) in [4.78, 5) is 12.6. The predicted molar refractivity (Wildman–Crippen MR) is 105 cm³/mol. The number of nitrogens with one attached hydrogen (secondary N) is 1. The van der Waals surface area contributed by atoms with E-state index in [2.05, 4.69) is 5.32 Å². The van der Waals surface area contributed by atoms with E-state index < -0.39 is 21.5 Å². The molecule has 3 rings (SSSR count). The molecule has 0 radical (unpaired) electrons. The average molecular weight is 415 g/mol. The van der Waals surface area contributed by atoms with Gasteiger partial charge in [0.1, 0.15) is 0 Å². The molecule has 1 amide bonds. The number of ether oxygens (including phenoxy) is 2. The van der Waals surface area contributed by atoms with Crippen molar-refractivity contribution in [2.45, 2.75) is 24.3 Å². The van der Waals surface area contributed by atoms with Crippen molar-refractivity contribution in [2.75, 3.05) is 20.4 Å². The van der Waals surface area contributed by atoms with Crippen LogP contribution in [0, 0.1) is 11.3 Å². The van der Waals surface area contributed by atoms with Gasteiger partial charge in [-0.1, -0.05) is 6.07 Å². The second-order valence-electron chi connectivity index (χ2n) is 7.14. The van der Waals surface area contributed by atoms with Gasteiger partial charge in [-0.2, -0.15) is 9.57 Å². The summed E-state index contributed by atoms with van der Waals surface area (Å²) in [6.07, 6.45) is 0. The van der Waals surface area contributed by atoms with Crippen molar-refractivity contribution in [3.05, 3.63) is 53.6 Å². The van der Waals surface area contributed by atoms with Crippen LogP contribution in [-0.2, 0) is 20.4 Å². The first-order valence-electron chi connectivity index (χ1n) is 8.81. The highest BCUT2D eigenvalue weighted by atomic mass is 32.2. The van der Waals surface area contributed by atoms with E-state index in [1.165, 1.54) is 31.3 Å². The fourth-order valence-electron chi connectivity index (χ4n) is 2.91.